The van der Waals surface area contributed by atoms with Gasteiger partial charge in [0.2, 0.25) is 0 Å². The molecule has 0 aliphatic heterocycles. The van der Waals surface area contributed by atoms with Crippen molar-refractivity contribution in [3.05, 3.63) is 35.9 Å². The van der Waals surface area contributed by atoms with Crippen LogP contribution in [0.25, 0.3) is 0 Å². The molecule has 2 aromatic heterocycles. The van der Waals surface area contributed by atoms with Gasteiger partial charge in [-0.05, 0) is 19.9 Å². The van der Waals surface area contributed by atoms with Gasteiger partial charge in [-0.3, -0.25) is 9.67 Å². The Balaban J connectivity index is 2.18. The second-order valence-electron chi connectivity index (χ2n) is 3.78. The molecule has 0 fully saturated rings. The highest BCUT2D eigenvalue weighted by atomic mass is 35.5. The number of anilines is 2. The summed E-state index contributed by atoms with van der Waals surface area (Å²) in [6, 6.07) is 2.18. The summed E-state index contributed by atoms with van der Waals surface area (Å²) in [5.41, 5.74) is 1.75. The first-order valence-electron chi connectivity index (χ1n) is 5.07. The smallest absolute Gasteiger partial charge is 0.0824 e. The van der Waals surface area contributed by atoms with Crippen LogP contribution in [0.5, 0.6) is 0 Å². The first-order valence-corrected chi connectivity index (χ1v) is 5.45. The van der Waals surface area contributed by atoms with E-state index < -0.39 is 0 Å². The second kappa shape index (κ2) is 4.53. The molecule has 0 bridgehead atoms. The summed E-state index contributed by atoms with van der Waals surface area (Å²) in [4.78, 5) is 3.93. The van der Waals surface area contributed by atoms with E-state index in [4.69, 9.17) is 11.6 Å². The predicted molar refractivity (Wildman–Crippen MR) is 65.1 cm³/mol. The largest absolute Gasteiger partial charge is 0.352 e. The number of pyridine rings is 1. The van der Waals surface area contributed by atoms with E-state index in [1.54, 1.807) is 18.6 Å². The van der Waals surface area contributed by atoms with Gasteiger partial charge in [0.05, 0.1) is 22.6 Å². The zero-order chi connectivity index (χ0) is 11.5. The molecule has 0 saturated heterocycles. The molecule has 0 saturated carbocycles. The molecule has 0 aliphatic carbocycles. The molecule has 0 aromatic carbocycles. The third-order valence-electron chi connectivity index (χ3n) is 2.18. The molecule has 1 N–H and O–H groups in total. The van der Waals surface area contributed by atoms with Crippen LogP contribution in [0, 0.1) is 0 Å². The molecule has 4 nitrogen and oxygen atoms in total. The fourth-order valence-electron chi connectivity index (χ4n) is 1.32. The Labute approximate surface area is 99.3 Å². The molecular weight excluding hydrogens is 224 g/mol. The van der Waals surface area contributed by atoms with Crippen LogP contribution in [-0.4, -0.2) is 14.8 Å². The highest BCUT2D eigenvalue weighted by Gasteiger charge is 2.03. The van der Waals surface area contributed by atoms with Crippen LogP contribution >= 0.6 is 11.6 Å². The lowest BCUT2D eigenvalue weighted by Gasteiger charge is -2.05. The molecule has 2 rings (SSSR count). The summed E-state index contributed by atoms with van der Waals surface area (Å²) >= 11 is 5.99. The van der Waals surface area contributed by atoms with Crippen LogP contribution < -0.4 is 5.32 Å². The van der Waals surface area contributed by atoms with Crippen LogP contribution in [-0.2, 0) is 0 Å². The fraction of sp³-hybridized carbons (Fsp3) is 0.273. The Morgan fingerprint density at radius 2 is 2.19 bits per heavy atom. The van der Waals surface area contributed by atoms with Crippen LogP contribution in [0.4, 0.5) is 11.4 Å². The van der Waals surface area contributed by atoms with Crippen LogP contribution in [0.15, 0.2) is 30.9 Å². The van der Waals surface area contributed by atoms with Crippen LogP contribution in [0.3, 0.4) is 0 Å². The molecule has 2 heterocycles. The van der Waals surface area contributed by atoms with Gasteiger partial charge in [-0.25, -0.2) is 0 Å². The SMILES string of the molecule is CC(C)n1cc(Nc2ccncc2Cl)cn1. The third-order valence-corrected chi connectivity index (χ3v) is 2.48. The second-order valence-corrected chi connectivity index (χ2v) is 4.19. The number of rotatable bonds is 3. The molecule has 0 amide bonds. The molecule has 0 spiro atoms. The molecule has 2 aromatic rings. The Hall–Kier alpha value is -1.55. The van der Waals surface area contributed by atoms with Crippen molar-refractivity contribution >= 4 is 23.0 Å². The molecule has 16 heavy (non-hydrogen) atoms. The Morgan fingerprint density at radius 3 is 2.81 bits per heavy atom. The number of halogens is 1. The molecule has 0 radical (unpaired) electrons. The molecular formula is C11H13ClN4. The lowest BCUT2D eigenvalue weighted by Crippen LogP contribution is -1.99. The average molecular weight is 237 g/mol. The van der Waals surface area contributed by atoms with Crippen molar-refractivity contribution in [2.24, 2.45) is 0 Å². The maximum atomic E-state index is 5.99. The predicted octanol–water partition coefficient (Wildman–Crippen LogP) is 3.26. The number of hydrogen-bond acceptors (Lipinski definition) is 3. The average Bonchev–Trinajstić information content (AvgIpc) is 2.70. The summed E-state index contributed by atoms with van der Waals surface area (Å²) < 4.78 is 1.89. The minimum absolute atomic E-state index is 0.350. The van der Waals surface area contributed by atoms with Crippen molar-refractivity contribution in [1.82, 2.24) is 14.8 Å². The summed E-state index contributed by atoms with van der Waals surface area (Å²) in [6.07, 6.45) is 7.02. The summed E-state index contributed by atoms with van der Waals surface area (Å²) in [7, 11) is 0. The van der Waals surface area contributed by atoms with E-state index in [-0.39, 0.29) is 0 Å². The maximum absolute atomic E-state index is 5.99. The van der Waals surface area contributed by atoms with Gasteiger partial charge < -0.3 is 5.32 Å². The number of nitrogens with zero attached hydrogens (tertiary/aromatic N) is 3. The van der Waals surface area contributed by atoms with Crippen molar-refractivity contribution in [2.45, 2.75) is 19.9 Å². The number of aromatic nitrogens is 3. The molecule has 84 valence electrons. The maximum Gasteiger partial charge on any atom is 0.0824 e. The van der Waals surface area contributed by atoms with Crippen molar-refractivity contribution < 1.29 is 0 Å². The highest BCUT2D eigenvalue weighted by molar-refractivity contribution is 6.33. The highest BCUT2D eigenvalue weighted by Crippen LogP contribution is 2.23. The van der Waals surface area contributed by atoms with Crippen molar-refractivity contribution in [2.75, 3.05) is 5.32 Å². The van der Waals surface area contributed by atoms with Gasteiger partial charge in [0.15, 0.2) is 0 Å². The Kier molecular flexibility index (Phi) is 3.10. The van der Waals surface area contributed by atoms with Gasteiger partial charge in [0, 0.05) is 24.6 Å². The molecule has 5 heteroatoms. The summed E-state index contributed by atoms with van der Waals surface area (Å²) in [5.74, 6) is 0. The van der Waals surface area contributed by atoms with E-state index in [1.807, 2.05) is 16.9 Å². The normalized spacial score (nSPS) is 10.8. The van der Waals surface area contributed by atoms with Crippen molar-refractivity contribution in [1.29, 1.82) is 0 Å². The topological polar surface area (TPSA) is 42.7 Å². The van der Waals surface area contributed by atoms with Crippen LogP contribution in [0.1, 0.15) is 19.9 Å². The number of hydrogen-bond donors (Lipinski definition) is 1. The first-order chi connectivity index (χ1) is 7.66. The Morgan fingerprint density at radius 1 is 1.38 bits per heavy atom. The van der Waals surface area contributed by atoms with E-state index >= 15 is 0 Å². The van der Waals surface area contributed by atoms with E-state index in [9.17, 15) is 0 Å². The standard InChI is InChI=1S/C11H13ClN4/c1-8(2)16-7-9(5-14-16)15-11-3-4-13-6-10(11)12/h3-8H,1-2H3,(H,13,15). The molecule has 0 aliphatic rings. The zero-order valence-corrected chi connectivity index (χ0v) is 9.94. The minimum Gasteiger partial charge on any atom is -0.352 e. The summed E-state index contributed by atoms with van der Waals surface area (Å²) in [5, 5.41) is 8.03. The van der Waals surface area contributed by atoms with E-state index in [0.717, 1.165) is 11.4 Å². The van der Waals surface area contributed by atoms with Gasteiger partial charge in [-0.2, -0.15) is 5.10 Å². The van der Waals surface area contributed by atoms with Gasteiger partial charge in [-0.15, -0.1) is 0 Å². The number of nitrogens with one attached hydrogen (secondary N) is 1. The van der Waals surface area contributed by atoms with Crippen molar-refractivity contribution in [3.63, 3.8) is 0 Å². The molecule has 0 atom stereocenters. The lowest BCUT2D eigenvalue weighted by atomic mass is 10.4. The van der Waals surface area contributed by atoms with Gasteiger partial charge in [0.1, 0.15) is 0 Å². The van der Waals surface area contributed by atoms with Crippen molar-refractivity contribution in [3.8, 4) is 0 Å². The zero-order valence-electron chi connectivity index (χ0n) is 9.18. The minimum atomic E-state index is 0.350. The van der Waals surface area contributed by atoms with E-state index in [0.29, 0.717) is 11.1 Å². The Bertz CT molecular complexity index is 478. The monoisotopic (exact) mass is 236 g/mol. The van der Waals surface area contributed by atoms with Crippen LogP contribution in [0.2, 0.25) is 5.02 Å². The van der Waals surface area contributed by atoms with E-state index in [1.165, 1.54) is 0 Å². The third kappa shape index (κ3) is 2.33. The van der Waals surface area contributed by atoms with Gasteiger partial charge in [-0.1, -0.05) is 11.6 Å². The fourth-order valence-corrected chi connectivity index (χ4v) is 1.48. The van der Waals surface area contributed by atoms with Gasteiger partial charge >= 0.3 is 0 Å². The quantitative estimate of drug-likeness (QED) is 0.890. The van der Waals surface area contributed by atoms with E-state index in [2.05, 4.69) is 29.2 Å². The molecule has 0 unspecified atom stereocenters. The lowest BCUT2D eigenvalue weighted by molar-refractivity contribution is 0.532. The first kappa shape index (κ1) is 11.0. The summed E-state index contributed by atoms with van der Waals surface area (Å²) in [6.45, 7) is 4.16. The van der Waals surface area contributed by atoms with Gasteiger partial charge in [0.25, 0.3) is 0 Å².